The summed E-state index contributed by atoms with van der Waals surface area (Å²) in [7, 11) is 0. The molecule has 0 bridgehead atoms. The molecule has 0 atom stereocenters. The van der Waals surface area contributed by atoms with Crippen LogP contribution in [0.4, 0.5) is 11.4 Å². The van der Waals surface area contributed by atoms with Gasteiger partial charge in [-0.1, -0.05) is 32.0 Å². The second-order valence-corrected chi connectivity index (χ2v) is 9.59. The number of carbonyl (C=O) groups excluding carboxylic acids is 2. The normalized spacial score (nSPS) is 18.4. The Kier molecular flexibility index (Phi) is 8.93. The lowest BCUT2D eigenvalue weighted by Crippen LogP contribution is -2.28. The first-order valence-electron chi connectivity index (χ1n) is 12.1. The predicted molar refractivity (Wildman–Crippen MR) is 138 cm³/mol. The molecule has 188 valence electrons. The van der Waals surface area contributed by atoms with Gasteiger partial charge in [-0.05, 0) is 74.1 Å². The summed E-state index contributed by atoms with van der Waals surface area (Å²) in [5, 5.41) is 0. The molecule has 1 aliphatic rings. The second kappa shape index (κ2) is 11.9. The highest BCUT2D eigenvalue weighted by Crippen LogP contribution is 2.30. The highest BCUT2D eigenvalue weighted by atomic mass is 16.5. The molecular weight excluding hydrogens is 444 g/mol. The monoisotopic (exact) mass is 480 g/mol. The topological polar surface area (TPSA) is 114 Å². The minimum atomic E-state index is -0.463. The number of nitrogen functional groups attached to an aromatic ring is 2. The van der Waals surface area contributed by atoms with Gasteiger partial charge in [0.1, 0.15) is 12.4 Å². The van der Waals surface area contributed by atoms with E-state index in [9.17, 15) is 9.59 Å². The van der Waals surface area contributed by atoms with Crippen LogP contribution in [-0.2, 0) is 24.5 Å². The molecule has 7 nitrogen and oxygen atoms in total. The summed E-state index contributed by atoms with van der Waals surface area (Å²) < 4.78 is 16.6. The van der Waals surface area contributed by atoms with E-state index < -0.39 is 11.4 Å². The number of anilines is 2. The van der Waals surface area contributed by atoms with Crippen molar-refractivity contribution in [3.05, 3.63) is 59.7 Å². The SMILES string of the molecule is CCOC1CCC(C(=O)Oc2ccc(C=CC(=O)OCC(C)(C)c3ccc(N)cc3N)cc2)CC1. The van der Waals surface area contributed by atoms with Crippen LogP contribution in [0.15, 0.2) is 48.5 Å². The molecule has 4 N–H and O–H groups in total. The molecule has 0 unspecified atom stereocenters. The van der Waals surface area contributed by atoms with E-state index in [2.05, 4.69) is 0 Å². The van der Waals surface area contributed by atoms with Gasteiger partial charge in [-0.3, -0.25) is 4.79 Å². The van der Waals surface area contributed by atoms with E-state index in [0.29, 0.717) is 23.7 Å². The van der Waals surface area contributed by atoms with E-state index in [1.54, 1.807) is 42.5 Å². The van der Waals surface area contributed by atoms with Crippen LogP contribution in [0.25, 0.3) is 6.08 Å². The second-order valence-electron chi connectivity index (χ2n) is 9.59. The fourth-order valence-electron chi connectivity index (χ4n) is 4.29. The zero-order valence-corrected chi connectivity index (χ0v) is 20.8. The van der Waals surface area contributed by atoms with E-state index in [1.807, 2.05) is 26.8 Å². The molecule has 1 aliphatic carbocycles. The zero-order valence-electron chi connectivity index (χ0n) is 20.8. The van der Waals surface area contributed by atoms with Gasteiger partial charge in [0.15, 0.2) is 0 Å². The van der Waals surface area contributed by atoms with Crippen molar-refractivity contribution in [2.24, 2.45) is 5.92 Å². The first kappa shape index (κ1) is 26.3. The molecule has 3 rings (SSSR count). The van der Waals surface area contributed by atoms with Crippen LogP contribution in [0.3, 0.4) is 0 Å². The van der Waals surface area contributed by atoms with Gasteiger partial charge in [0, 0.05) is 29.5 Å². The molecule has 1 fully saturated rings. The number of nitrogens with two attached hydrogens (primary N) is 2. The maximum absolute atomic E-state index is 12.5. The number of hydrogen-bond acceptors (Lipinski definition) is 7. The molecular formula is C28H36N2O5. The summed E-state index contributed by atoms with van der Waals surface area (Å²) in [4.78, 5) is 24.7. The molecule has 0 heterocycles. The lowest BCUT2D eigenvalue weighted by atomic mass is 9.84. The van der Waals surface area contributed by atoms with E-state index in [-0.39, 0.29) is 24.6 Å². The smallest absolute Gasteiger partial charge is 0.330 e. The van der Waals surface area contributed by atoms with Crippen molar-refractivity contribution < 1.29 is 23.8 Å². The average molecular weight is 481 g/mol. The Bertz CT molecular complexity index is 1040. The van der Waals surface area contributed by atoms with Crippen molar-refractivity contribution in [1.82, 2.24) is 0 Å². The van der Waals surface area contributed by atoms with Crippen LogP contribution in [0.1, 0.15) is 57.6 Å². The van der Waals surface area contributed by atoms with Gasteiger partial charge in [-0.15, -0.1) is 0 Å². The van der Waals surface area contributed by atoms with Crippen molar-refractivity contribution in [2.75, 3.05) is 24.7 Å². The standard InChI is InChI=1S/C28H36N2O5/c1-4-33-22-13-8-20(9-14-22)27(32)35-23-11-5-19(6-12-23)7-16-26(31)34-18-28(2,3)24-15-10-21(29)17-25(24)30/h5-7,10-12,15-17,20,22H,4,8-9,13-14,18,29-30H2,1-3H3. The molecule has 0 spiro atoms. The van der Waals surface area contributed by atoms with Crippen LogP contribution in [0, 0.1) is 5.92 Å². The Morgan fingerprint density at radius 3 is 2.34 bits per heavy atom. The molecule has 0 aliphatic heterocycles. The molecule has 7 heteroatoms. The number of benzene rings is 2. The summed E-state index contributed by atoms with van der Waals surface area (Å²) in [6.45, 7) is 6.77. The summed E-state index contributed by atoms with van der Waals surface area (Å²) in [6, 6.07) is 12.4. The lowest BCUT2D eigenvalue weighted by Gasteiger charge is -2.26. The van der Waals surface area contributed by atoms with Gasteiger partial charge >= 0.3 is 11.9 Å². The van der Waals surface area contributed by atoms with Gasteiger partial charge in [0.25, 0.3) is 0 Å². The fraction of sp³-hybridized carbons (Fsp3) is 0.429. The van der Waals surface area contributed by atoms with Crippen LogP contribution < -0.4 is 16.2 Å². The van der Waals surface area contributed by atoms with Crippen molar-refractivity contribution in [2.45, 2.75) is 58.0 Å². The quantitative estimate of drug-likeness (QED) is 0.227. The highest BCUT2D eigenvalue weighted by Gasteiger charge is 2.28. The van der Waals surface area contributed by atoms with Gasteiger partial charge in [-0.2, -0.15) is 0 Å². The predicted octanol–water partition coefficient (Wildman–Crippen LogP) is 4.89. The third-order valence-corrected chi connectivity index (χ3v) is 6.30. The first-order chi connectivity index (χ1) is 16.7. The highest BCUT2D eigenvalue weighted by molar-refractivity contribution is 5.87. The third-order valence-electron chi connectivity index (χ3n) is 6.30. The largest absolute Gasteiger partial charge is 0.462 e. The number of carbonyl (C=O) groups is 2. The van der Waals surface area contributed by atoms with Crippen LogP contribution in [0.5, 0.6) is 5.75 Å². The van der Waals surface area contributed by atoms with E-state index in [4.69, 9.17) is 25.7 Å². The molecule has 0 aromatic heterocycles. The van der Waals surface area contributed by atoms with Crippen molar-refractivity contribution in [3.63, 3.8) is 0 Å². The van der Waals surface area contributed by atoms with Crippen LogP contribution in [0.2, 0.25) is 0 Å². The molecule has 0 saturated heterocycles. The number of hydrogen-bond donors (Lipinski definition) is 2. The first-order valence-corrected chi connectivity index (χ1v) is 12.1. The lowest BCUT2D eigenvalue weighted by molar-refractivity contribution is -0.141. The Balaban J connectivity index is 1.47. The fourth-order valence-corrected chi connectivity index (χ4v) is 4.29. The molecule has 2 aromatic carbocycles. The van der Waals surface area contributed by atoms with Crippen LogP contribution in [-0.4, -0.2) is 31.3 Å². The summed E-state index contributed by atoms with van der Waals surface area (Å²) >= 11 is 0. The van der Waals surface area contributed by atoms with Gasteiger partial charge in [0.05, 0.1) is 12.0 Å². The van der Waals surface area contributed by atoms with Crippen molar-refractivity contribution in [3.8, 4) is 5.75 Å². The molecule has 0 amide bonds. The minimum Gasteiger partial charge on any atom is -0.462 e. The summed E-state index contributed by atoms with van der Waals surface area (Å²) in [6.07, 6.45) is 6.63. The van der Waals surface area contributed by atoms with Gasteiger partial charge in [0.2, 0.25) is 0 Å². The maximum atomic E-state index is 12.5. The van der Waals surface area contributed by atoms with Gasteiger partial charge in [-0.25, -0.2) is 4.79 Å². The van der Waals surface area contributed by atoms with Gasteiger partial charge < -0.3 is 25.7 Å². The molecule has 2 aromatic rings. The van der Waals surface area contributed by atoms with E-state index >= 15 is 0 Å². The molecule has 1 saturated carbocycles. The average Bonchev–Trinajstić information content (AvgIpc) is 2.83. The van der Waals surface area contributed by atoms with Crippen molar-refractivity contribution in [1.29, 1.82) is 0 Å². The third kappa shape index (κ3) is 7.59. The Labute approximate surface area is 207 Å². The Morgan fingerprint density at radius 2 is 1.71 bits per heavy atom. The van der Waals surface area contributed by atoms with Crippen LogP contribution >= 0.6 is 0 Å². The van der Waals surface area contributed by atoms with Crippen molar-refractivity contribution >= 4 is 29.4 Å². The summed E-state index contributed by atoms with van der Waals surface area (Å²) in [5.41, 5.74) is 14.2. The Hall–Kier alpha value is -3.32. The number of ether oxygens (including phenoxy) is 3. The maximum Gasteiger partial charge on any atom is 0.330 e. The molecule has 35 heavy (non-hydrogen) atoms. The molecule has 0 radical (unpaired) electrons. The van der Waals surface area contributed by atoms with E-state index in [1.165, 1.54) is 6.08 Å². The zero-order chi connectivity index (χ0) is 25.4. The Morgan fingerprint density at radius 1 is 1.03 bits per heavy atom. The minimum absolute atomic E-state index is 0.0890. The number of esters is 2. The summed E-state index contributed by atoms with van der Waals surface area (Å²) in [5.74, 6) is -0.250. The number of rotatable bonds is 9. The van der Waals surface area contributed by atoms with E-state index in [0.717, 1.165) is 36.8 Å².